The Morgan fingerprint density at radius 1 is 1.62 bits per heavy atom. The van der Waals surface area contributed by atoms with Crippen LogP contribution in [0.5, 0.6) is 0 Å². The lowest BCUT2D eigenvalue weighted by molar-refractivity contribution is 0.0635. The molecule has 1 aromatic rings. The molecule has 0 atom stereocenters. The number of nitrogens with two attached hydrogens (primary N) is 1. The average Bonchev–Trinajstić information content (AvgIpc) is 2.42. The van der Waals surface area contributed by atoms with Crippen LogP contribution in [-0.2, 0) is 18.3 Å². The van der Waals surface area contributed by atoms with Crippen molar-refractivity contribution in [2.75, 3.05) is 5.32 Å². The molecule has 3 N–H and O–H groups in total. The summed E-state index contributed by atoms with van der Waals surface area (Å²) in [5.74, 6) is 0.444. The minimum absolute atomic E-state index is 0.318. The zero-order valence-electron chi connectivity index (χ0n) is 10.1. The van der Waals surface area contributed by atoms with Crippen molar-refractivity contribution in [1.82, 2.24) is 9.78 Å². The third-order valence-corrected chi connectivity index (χ3v) is 1.74. The monoisotopic (exact) mass is 226 g/mol. The lowest BCUT2D eigenvalue weighted by Crippen LogP contribution is -2.27. The smallest absolute Gasteiger partial charge is 0.413 e. The summed E-state index contributed by atoms with van der Waals surface area (Å²) in [5.41, 5.74) is 5.77. The summed E-state index contributed by atoms with van der Waals surface area (Å²) in [7, 11) is 1.76. The van der Waals surface area contributed by atoms with Crippen molar-refractivity contribution >= 4 is 11.9 Å². The van der Waals surface area contributed by atoms with Crippen molar-refractivity contribution in [2.24, 2.45) is 12.8 Å². The molecule has 1 rings (SSSR count). The van der Waals surface area contributed by atoms with Gasteiger partial charge in [-0.05, 0) is 20.8 Å². The number of amides is 1. The van der Waals surface area contributed by atoms with Crippen LogP contribution in [0.4, 0.5) is 10.6 Å². The van der Waals surface area contributed by atoms with Gasteiger partial charge in [-0.2, -0.15) is 5.10 Å². The van der Waals surface area contributed by atoms with E-state index in [1.54, 1.807) is 38.7 Å². The van der Waals surface area contributed by atoms with Gasteiger partial charge in [0.2, 0.25) is 0 Å². The van der Waals surface area contributed by atoms with E-state index in [2.05, 4.69) is 10.4 Å². The van der Waals surface area contributed by atoms with Crippen molar-refractivity contribution in [3.63, 3.8) is 0 Å². The maximum Gasteiger partial charge on any atom is 0.413 e. The van der Waals surface area contributed by atoms with Crippen LogP contribution < -0.4 is 11.1 Å². The molecule has 1 heterocycles. The summed E-state index contributed by atoms with van der Waals surface area (Å²) in [4.78, 5) is 11.5. The van der Waals surface area contributed by atoms with E-state index in [9.17, 15) is 4.79 Å². The maximum absolute atomic E-state index is 11.5. The van der Waals surface area contributed by atoms with Crippen LogP contribution >= 0.6 is 0 Å². The highest BCUT2D eigenvalue weighted by molar-refractivity contribution is 5.84. The number of carbonyl (C=O) groups excluding carboxylic acids is 1. The van der Waals surface area contributed by atoms with Crippen LogP contribution in [0.25, 0.3) is 0 Å². The van der Waals surface area contributed by atoms with Gasteiger partial charge in [-0.1, -0.05) is 0 Å². The van der Waals surface area contributed by atoms with E-state index in [1.807, 2.05) is 0 Å². The molecule has 0 bridgehead atoms. The molecular weight excluding hydrogens is 208 g/mol. The summed E-state index contributed by atoms with van der Waals surface area (Å²) in [5, 5.41) is 6.64. The Kier molecular flexibility index (Phi) is 3.54. The first kappa shape index (κ1) is 12.5. The first-order valence-electron chi connectivity index (χ1n) is 5.04. The number of carbonyl (C=O) groups is 1. The van der Waals surface area contributed by atoms with Crippen molar-refractivity contribution < 1.29 is 9.53 Å². The zero-order valence-corrected chi connectivity index (χ0v) is 10.1. The van der Waals surface area contributed by atoms with Gasteiger partial charge >= 0.3 is 6.09 Å². The molecule has 6 nitrogen and oxygen atoms in total. The van der Waals surface area contributed by atoms with Crippen LogP contribution in [-0.4, -0.2) is 21.5 Å². The third kappa shape index (κ3) is 3.54. The van der Waals surface area contributed by atoms with Crippen LogP contribution in [0.15, 0.2) is 6.20 Å². The van der Waals surface area contributed by atoms with Gasteiger partial charge in [0.05, 0.1) is 0 Å². The van der Waals surface area contributed by atoms with E-state index in [0.717, 1.165) is 5.56 Å². The molecule has 0 saturated heterocycles. The van der Waals surface area contributed by atoms with Crippen molar-refractivity contribution in [3.8, 4) is 0 Å². The fourth-order valence-corrected chi connectivity index (χ4v) is 1.19. The van der Waals surface area contributed by atoms with Gasteiger partial charge < -0.3 is 10.5 Å². The van der Waals surface area contributed by atoms with E-state index in [4.69, 9.17) is 10.5 Å². The van der Waals surface area contributed by atoms with Crippen molar-refractivity contribution in [3.05, 3.63) is 11.8 Å². The Morgan fingerprint density at radius 3 is 2.75 bits per heavy atom. The molecule has 0 aromatic carbocycles. The molecule has 0 unspecified atom stereocenters. The number of hydrogen-bond acceptors (Lipinski definition) is 4. The molecule has 1 aromatic heterocycles. The maximum atomic E-state index is 11.5. The summed E-state index contributed by atoms with van der Waals surface area (Å²) in [6.45, 7) is 5.72. The number of hydrogen-bond donors (Lipinski definition) is 2. The predicted octanol–water partition coefficient (Wildman–Crippen LogP) is 1.23. The van der Waals surface area contributed by atoms with Crippen LogP contribution in [0, 0.1) is 0 Å². The van der Waals surface area contributed by atoms with Crippen molar-refractivity contribution in [2.45, 2.75) is 32.9 Å². The third-order valence-electron chi connectivity index (χ3n) is 1.74. The number of nitrogens with one attached hydrogen (secondary N) is 1. The van der Waals surface area contributed by atoms with E-state index in [-0.39, 0.29) is 0 Å². The summed E-state index contributed by atoms with van der Waals surface area (Å²) in [6.07, 6.45) is 1.23. The standard InChI is InChI=1S/C10H18N4O2/c1-10(2,3)16-9(15)12-8-7(5-11)6-14(4)13-8/h6H,5,11H2,1-4H3,(H,12,13,15). The molecule has 90 valence electrons. The van der Waals surface area contributed by atoms with Crippen LogP contribution in [0.2, 0.25) is 0 Å². The van der Waals surface area contributed by atoms with E-state index >= 15 is 0 Å². The normalized spacial score (nSPS) is 11.3. The summed E-state index contributed by atoms with van der Waals surface area (Å²) < 4.78 is 6.70. The molecule has 0 aliphatic carbocycles. The van der Waals surface area contributed by atoms with Crippen LogP contribution in [0.3, 0.4) is 0 Å². The fraction of sp³-hybridized carbons (Fsp3) is 0.600. The molecule has 1 amide bonds. The van der Waals surface area contributed by atoms with Crippen molar-refractivity contribution in [1.29, 1.82) is 0 Å². The number of nitrogens with zero attached hydrogens (tertiary/aromatic N) is 2. The van der Waals surface area contributed by atoms with Gasteiger partial charge in [0.25, 0.3) is 0 Å². The number of anilines is 1. The fourth-order valence-electron chi connectivity index (χ4n) is 1.19. The second kappa shape index (κ2) is 4.52. The van der Waals surface area contributed by atoms with E-state index in [1.165, 1.54) is 0 Å². The number of ether oxygens (including phenoxy) is 1. The topological polar surface area (TPSA) is 82.2 Å². The van der Waals surface area contributed by atoms with Gasteiger partial charge in [-0.25, -0.2) is 4.79 Å². The highest BCUT2D eigenvalue weighted by Gasteiger charge is 2.18. The highest BCUT2D eigenvalue weighted by atomic mass is 16.6. The zero-order chi connectivity index (χ0) is 12.3. The quantitative estimate of drug-likeness (QED) is 0.794. The van der Waals surface area contributed by atoms with Gasteiger partial charge in [-0.3, -0.25) is 10.00 Å². The summed E-state index contributed by atoms with van der Waals surface area (Å²) in [6, 6.07) is 0. The first-order chi connectivity index (χ1) is 7.31. The second-order valence-corrected chi connectivity index (χ2v) is 4.51. The molecule has 6 heteroatoms. The molecule has 16 heavy (non-hydrogen) atoms. The lowest BCUT2D eigenvalue weighted by atomic mass is 10.2. The van der Waals surface area contributed by atoms with E-state index < -0.39 is 11.7 Å². The molecule has 0 aliphatic rings. The number of rotatable bonds is 2. The number of aryl methyl sites for hydroxylation is 1. The Bertz CT molecular complexity index is 379. The Labute approximate surface area is 94.8 Å². The molecule has 0 aliphatic heterocycles. The molecule has 0 spiro atoms. The number of aromatic nitrogens is 2. The van der Waals surface area contributed by atoms with Gasteiger partial charge in [0, 0.05) is 25.4 Å². The predicted molar refractivity (Wildman–Crippen MR) is 61.0 cm³/mol. The minimum Gasteiger partial charge on any atom is -0.444 e. The highest BCUT2D eigenvalue weighted by Crippen LogP contribution is 2.14. The lowest BCUT2D eigenvalue weighted by Gasteiger charge is -2.19. The SMILES string of the molecule is Cn1cc(CN)c(NC(=O)OC(C)(C)C)n1. The van der Waals surface area contributed by atoms with Gasteiger partial charge in [-0.15, -0.1) is 0 Å². The molecular formula is C10H18N4O2. The Morgan fingerprint density at radius 2 is 2.25 bits per heavy atom. The Balaban J connectivity index is 2.69. The second-order valence-electron chi connectivity index (χ2n) is 4.51. The minimum atomic E-state index is -0.527. The summed E-state index contributed by atoms with van der Waals surface area (Å²) >= 11 is 0. The molecule has 0 saturated carbocycles. The largest absolute Gasteiger partial charge is 0.444 e. The van der Waals surface area contributed by atoms with Crippen LogP contribution in [0.1, 0.15) is 26.3 Å². The molecule has 0 radical (unpaired) electrons. The van der Waals surface area contributed by atoms with Gasteiger partial charge in [0.15, 0.2) is 5.82 Å². The average molecular weight is 226 g/mol. The Hall–Kier alpha value is -1.56. The van der Waals surface area contributed by atoms with Gasteiger partial charge in [0.1, 0.15) is 5.60 Å². The van der Waals surface area contributed by atoms with E-state index in [0.29, 0.717) is 12.4 Å². The first-order valence-corrected chi connectivity index (χ1v) is 5.04. The molecule has 0 fully saturated rings.